The Labute approximate surface area is 104 Å². The molecule has 1 N–H and O–H groups in total. The number of benzene rings is 1. The molecule has 1 aliphatic heterocycles. The first-order valence-electron chi connectivity index (χ1n) is 6.87. The normalized spacial score (nSPS) is 20.2. The molecule has 1 saturated heterocycles. The molecule has 0 bridgehead atoms. The molecule has 0 amide bonds. The van der Waals surface area contributed by atoms with Gasteiger partial charge in [-0.05, 0) is 31.9 Å². The molecule has 2 heteroatoms. The van der Waals surface area contributed by atoms with Crippen LogP contribution in [0.5, 0.6) is 5.75 Å². The average Bonchev–Trinajstić information content (AvgIpc) is 2.41. The highest BCUT2D eigenvalue weighted by molar-refractivity contribution is 5.36. The highest BCUT2D eigenvalue weighted by atomic mass is 16.5. The molecule has 2 rings (SSSR count). The van der Waals surface area contributed by atoms with Crippen LogP contribution in [-0.4, -0.2) is 13.2 Å². The molecule has 1 unspecified atom stereocenters. The first-order chi connectivity index (χ1) is 8.42. The summed E-state index contributed by atoms with van der Waals surface area (Å²) in [6.45, 7) is 4.16. The lowest BCUT2D eigenvalue weighted by Gasteiger charge is -2.25. The van der Waals surface area contributed by atoms with Gasteiger partial charge in [0.2, 0.25) is 0 Å². The SMILES string of the molecule is CCCCOc1ccccc1C1CCCCN1. The molecule has 1 aliphatic rings. The van der Waals surface area contributed by atoms with Gasteiger partial charge in [0.25, 0.3) is 0 Å². The maximum atomic E-state index is 5.89. The number of ether oxygens (including phenoxy) is 1. The number of para-hydroxylation sites is 1. The van der Waals surface area contributed by atoms with Crippen LogP contribution < -0.4 is 10.1 Å². The zero-order valence-electron chi connectivity index (χ0n) is 10.7. The summed E-state index contributed by atoms with van der Waals surface area (Å²) in [5, 5.41) is 3.59. The fraction of sp³-hybridized carbons (Fsp3) is 0.600. The summed E-state index contributed by atoms with van der Waals surface area (Å²) < 4.78 is 5.89. The quantitative estimate of drug-likeness (QED) is 0.783. The van der Waals surface area contributed by atoms with Crippen molar-refractivity contribution in [3.63, 3.8) is 0 Å². The van der Waals surface area contributed by atoms with E-state index in [1.807, 2.05) is 0 Å². The smallest absolute Gasteiger partial charge is 0.124 e. The Bertz CT molecular complexity index is 331. The molecule has 0 radical (unpaired) electrons. The van der Waals surface area contributed by atoms with E-state index in [1.165, 1.54) is 31.2 Å². The predicted octanol–water partition coefficient (Wildman–Crippen LogP) is 3.68. The van der Waals surface area contributed by atoms with Gasteiger partial charge in [0.05, 0.1) is 6.61 Å². The van der Waals surface area contributed by atoms with Crippen LogP contribution in [0.2, 0.25) is 0 Å². The minimum atomic E-state index is 0.488. The molecule has 94 valence electrons. The van der Waals surface area contributed by atoms with Crippen LogP contribution >= 0.6 is 0 Å². The highest BCUT2D eigenvalue weighted by Crippen LogP contribution is 2.30. The Hall–Kier alpha value is -1.02. The average molecular weight is 233 g/mol. The standard InChI is InChI=1S/C15H23NO/c1-2-3-12-17-15-10-5-4-8-13(15)14-9-6-7-11-16-14/h4-5,8,10,14,16H,2-3,6-7,9,11-12H2,1H3. The molecule has 2 nitrogen and oxygen atoms in total. The van der Waals surface area contributed by atoms with Crippen LogP contribution in [0, 0.1) is 0 Å². The van der Waals surface area contributed by atoms with Crippen LogP contribution in [0.25, 0.3) is 0 Å². The number of piperidine rings is 1. The molecule has 0 aliphatic carbocycles. The second-order valence-electron chi connectivity index (χ2n) is 4.74. The van der Waals surface area contributed by atoms with E-state index in [0.29, 0.717) is 6.04 Å². The van der Waals surface area contributed by atoms with Gasteiger partial charge in [-0.1, -0.05) is 38.0 Å². The summed E-state index contributed by atoms with van der Waals surface area (Å²) in [6.07, 6.45) is 6.17. The maximum Gasteiger partial charge on any atom is 0.124 e. The maximum absolute atomic E-state index is 5.89. The molecular weight excluding hydrogens is 210 g/mol. The van der Waals surface area contributed by atoms with Crippen LogP contribution in [-0.2, 0) is 0 Å². The van der Waals surface area contributed by atoms with E-state index < -0.39 is 0 Å². The van der Waals surface area contributed by atoms with Gasteiger partial charge >= 0.3 is 0 Å². The Kier molecular flexibility index (Phi) is 4.87. The van der Waals surface area contributed by atoms with Crippen LogP contribution in [0.15, 0.2) is 24.3 Å². The third kappa shape index (κ3) is 3.47. The summed E-state index contributed by atoms with van der Waals surface area (Å²) >= 11 is 0. The van der Waals surface area contributed by atoms with Crippen molar-refractivity contribution in [1.29, 1.82) is 0 Å². The Morgan fingerprint density at radius 1 is 1.29 bits per heavy atom. The van der Waals surface area contributed by atoms with Crippen molar-refractivity contribution in [3.8, 4) is 5.75 Å². The molecule has 0 aromatic heterocycles. The summed E-state index contributed by atoms with van der Waals surface area (Å²) in [7, 11) is 0. The van der Waals surface area contributed by atoms with E-state index in [1.54, 1.807) is 0 Å². The van der Waals surface area contributed by atoms with Crippen molar-refractivity contribution in [2.75, 3.05) is 13.2 Å². The van der Waals surface area contributed by atoms with Crippen LogP contribution in [0.1, 0.15) is 50.6 Å². The van der Waals surface area contributed by atoms with Crippen LogP contribution in [0.4, 0.5) is 0 Å². The molecule has 1 heterocycles. The number of unbranched alkanes of at least 4 members (excludes halogenated alkanes) is 1. The van der Waals surface area contributed by atoms with Gasteiger partial charge < -0.3 is 10.1 Å². The van der Waals surface area contributed by atoms with Gasteiger partial charge in [-0.25, -0.2) is 0 Å². The van der Waals surface area contributed by atoms with Gasteiger partial charge in [-0.2, -0.15) is 0 Å². The fourth-order valence-electron chi connectivity index (χ4n) is 2.34. The van der Waals surface area contributed by atoms with E-state index in [9.17, 15) is 0 Å². The fourth-order valence-corrected chi connectivity index (χ4v) is 2.34. The minimum Gasteiger partial charge on any atom is -0.493 e. The van der Waals surface area contributed by atoms with E-state index in [-0.39, 0.29) is 0 Å². The predicted molar refractivity (Wildman–Crippen MR) is 71.4 cm³/mol. The number of nitrogens with one attached hydrogen (secondary N) is 1. The van der Waals surface area contributed by atoms with Gasteiger partial charge in [-0.3, -0.25) is 0 Å². The summed E-state index contributed by atoms with van der Waals surface area (Å²) in [5.41, 5.74) is 1.34. The second-order valence-corrected chi connectivity index (χ2v) is 4.74. The summed E-state index contributed by atoms with van der Waals surface area (Å²) in [6, 6.07) is 8.96. The van der Waals surface area contributed by atoms with E-state index in [0.717, 1.165) is 25.3 Å². The molecule has 1 atom stereocenters. The first kappa shape index (κ1) is 12.4. The zero-order valence-corrected chi connectivity index (χ0v) is 10.7. The summed E-state index contributed by atoms with van der Waals surface area (Å²) in [4.78, 5) is 0. The zero-order chi connectivity index (χ0) is 11.9. The number of hydrogen-bond acceptors (Lipinski definition) is 2. The third-order valence-electron chi connectivity index (χ3n) is 3.36. The molecule has 1 aromatic rings. The Morgan fingerprint density at radius 2 is 2.18 bits per heavy atom. The lowest BCUT2D eigenvalue weighted by atomic mass is 9.97. The second kappa shape index (κ2) is 6.65. The summed E-state index contributed by atoms with van der Waals surface area (Å²) in [5.74, 6) is 1.07. The number of rotatable bonds is 5. The molecule has 1 aromatic carbocycles. The molecule has 0 saturated carbocycles. The van der Waals surface area contributed by atoms with Crippen molar-refractivity contribution in [3.05, 3.63) is 29.8 Å². The van der Waals surface area contributed by atoms with Crippen molar-refractivity contribution in [1.82, 2.24) is 5.32 Å². The lowest BCUT2D eigenvalue weighted by molar-refractivity contribution is 0.298. The van der Waals surface area contributed by atoms with E-state index in [2.05, 4.69) is 36.5 Å². The van der Waals surface area contributed by atoms with E-state index in [4.69, 9.17) is 4.74 Å². The molecule has 17 heavy (non-hydrogen) atoms. The Balaban J connectivity index is 2.03. The Morgan fingerprint density at radius 3 is 2.94 bits per heavy atom. The van der Waals surface area contributed by atoms with Crippen molar-refractivity contribution in [2.45, 2.75) is 45.1 Å². The van der Waals surface area contributed by atoms with Gasteiger partial charge in [-0.15, -0.1) is 0 Å². The third-order valence-corrected chi connectivity index (χ3v) is 3.36. The van der Waals surface area contributed by atoms with Gasteiger partial charge in [0, 0.05) is 11.6 Å². The highest BCUT2D eigenvalue weighted by Gasteiger charge is 2.17. The lowest BCUT2D eigenvalue weighted by Crippen LogP contribution is -2.27. The molecular formula is C15H23NO. The van der Waals surface area contributed by atoms with Crippen molar-refractivity contribution < 1.29 is 4.74 Å². The molecule has 0 spiro atoms. The van der Waals surface area contributed by atoms with Crippen molar-refractivity contribution >= 4 is 0 Å². The van der Waals surface area contributed by atoms with Gasteiger partial charge in [0.15, 0.2) is 0 Å². The number of hydrogen-bond donors (Lipinski definition) is 1. The minimum absolute atomic E-state index is 0.488. The molecule has 1 fully saturated rings. The van der Waals surface area contributed by atoms with Crippen LogP contribution in [0.3, 0.4) is 0 Å². The van der Waals surface area contributed by atoms with Gasteiger partial charge in [0.1, 0.15) is 5.75 Å². The largest absolute Gasteiger partial charge is 0.493 e. The topological polar surface area (TPSA) is 21.3 Å². The first-order valence-corrected chi connectivity index (χ1v) is 6.87. The van der Waals surface area contributed by atoms with Crippen molar-refractivity contribution in [2.24, 2.45) is 0 Å². The monoisotopic (exact) mass is 233 g/mol. The van der Waals surface area contributed by atoms with E-state index >= 15 is 0 Å².